The van der Waals surface area contributed by atoms with Crippen LogP contribution < -0.4 is 15.1 Å². The minimum Gasteiger partial charge on any atom is -0.504 e. The quantitative estimate of drug-likeness (QED) is 0.172. The first kappa shape index (κ1) is 29.5. The summed E-state index contributed by atoms with van der Waals surface area (Å²) in [7, 11) is 1.40. The number of carbonyl (C=O) groups excluding carboxylic acids is 1. The molecule has 3 heterocycles. The van der Waals surface area contributed by atoms with Gasteiger partial charge >= 0.3 is 11.6 Å². The second kappa shape index (κ2) is 11.7. The minimum atomic E-state index is -1.64. The summed E-state index contributed by atoms with van der Waals surface area (Å²) in [6, 6.07) is 11.0. The van der Waals surface area contributed by atoms with Gasteiger partial charge in [-0.05, 0) is 55.3 Å². The molecule has 4 N–H and O–H groups in total. The second-order valence-corrected chi connectivity index (χ2v) is 10.7. The average molecular weight is 585 g/mol. The first-order chi connectivity index (χ1) is 19.9. The smallest absolute Gasteiger partial charge is 0.336 e. The molecule has 0 bridgehead atoms. The highest BCUT2D eigenvalue weighted by atomic mass is 16.7. The number of rotatable bonds is 8. The molecule has 42 heavy (non-hydrogen) atoms. The molecule has 1 saturated heterocycles. The molecule has 0 amide bonds. The van der Waals surface area contributed by atoms with Gasteiger partial charge in [-0.2, -0.15) is 0 Å². The van der Waals surface area contributed by atoms with E-state index < -0.39 is 60.6 Å². The van der Waals surface area contributed by atoms with Crippen molar-refractivity contribution in [1.29, 1.82) is 0 Å². The summed E-state index contributed by atoms with van der Waals surface area (Å²) < 4.78 is 33.4. The third-order valence-corrected chi connectivity index (χ3v) is 7.35. The van der Waals surface area contributed by atoms with Gasteiger partial charge in [0.05, 0.1) is 7.11 Å². The lowest BCUT2D eigenvalue weighted by atomic mass is 9.95. The predicted molar refractivity (Wildman–Crippen MR) is 147 cm³/mol. The van der Waals surface area contributed by atoms with Crippen molar-refractivity contribution in [1.82, 2.24) is 0 Å². The van der Waals surface area contributed by atoms with Crippen LogP contribution in [0.3, 0.4) is 0 Å². The van der Waals surface area contributed by atoms with Crippen LogP contribution in [0.5, 0.6) is 17.2 Å². The summed E-state index contributed by atoms with van der Waals surface area (Å²) in [6.07, 6.45) is -4.87. The van der Waals surface area contributed by atoms with Gasteiger partial charge in [0, 0.05) is 30.0 Å². The van der Waals surface area contributed by atoms with E-state index in [1.165, 1.54) is 31.4 Å². The van der Waals surface area contributed by atoms with Crippen molar-refractivity contribution in [2.24, 2.45) is 0 Å². The van der Waals surface area contributed by atoms with Crippen molar-refractivity contribution < 1.29 is 53.3 Å². The zero-order valence-corrected chi connectivity index (χ0v) is 23.1. The Morgan fingerprint density at radius 3 is 2.62 bits per heavy atom. The van der Waals surface area contributed by atoms with Gasteiger partial charge in [-0.3, -0.25) is 0 Å². The summed E-state index contributed by atoms with van der Waals surface area (Å²) in [4.78, 5) is 23.9. The minimum absolute atomic E-state index is 0.0474. The summed E-state index contributed by atoms with van der Waals surface area (Å²) in [6.45, 7) is 3.03. The van der Waals surface area contributed by atoms with Gasteiger partial charge in [-0.1, -0.05) is 6.07 Å². The number of aliphatic hydroxyl groups excluding tert-OH is 3. The molecule has 2 aromatic carbocycles. The number of phenolic OH excluding ortho intramolecular Hbond substituents is 1. The van der Waals surface area contributed by atoms with Gasteiger partial charge in [0.1, 0.15) is 54.1 Å². The van der Waals surface area contributed by atoms with Gasteiger partial charge in [-0.15, -0.1) is 0 Å². The van der Waals surface area contributed by atoms with Crippen LogP contribution in [0.2, 0.25) is 0 Å². The van der Waals surface area contributed by atoms with Crippen molar-refractivity contribution in [3.05, 3.63) is 70.1 Å². The highest BCUT2D eigenvalue weighted by Gasteiger charge is 2.48. The molecule has 0 spiro atoms. The molecule has 0 saturated carbocycles. The molecule has 1 fully saturated rings. The third kappa shape index (κ3) is 6.13. The SMILES string of the molecule is COc1cc(/C=C/C(=O)OC[C@H]2O[C@@H](OC(C)(C)[C@H]3Cc4cc5ccc(=O)oc5cc4O3)[C@H](O)[C@@H](O)[C@@H]2O)ccc1O. The van der Waals surface area contributed by atoms with E-state index in [0.717, 1.165) is 17.0 Å². The standard InChI is InChI=1S/C30H32O12/c1-30(2,23-12-17-11-16-6-9-25(33)40-19(16)13-20(17)39-23)42-29-28(36)27(35)26(34)22(41-29)14-38-24(32)8-5-15-4-7-18(31)21(10-15)37-3/h4-11,13,22-23,26-29,31,34-36H,12,14H2,1-3H3/b8-5+/t22-,23-,26-,27+,28-,29+/m1/s1. The number of esters is 1. The molecule has 12 nitrogen and oxygen atoms in total. The fourth-order valence-corrected chi connectivity index (χ4v) is 4.90. The maximum Gasteiger partial charge on any atom is 0.336 e. The molecule has 6 atom stereocenters. The van der Waals surface area contributed by atoms with E-state index in [1.807, 2.05) is 6.07 Å². The number of aliphatic hydroxyl groups is 3. The third-order valence-electron chi connectivity index (χ3n) is 7.35. The Labute approximate surface area is 240 Å². The van der Waals surface area contributed by atoms with Crippen molar-refractivity contribution >= 4 is 23.0 Å². The summed E-state index contributed by atoms with van der Waals surface area (Å²) >= 11 is 0. The monoisotopic (exact) mass is 584 g/mol. The summed E-state index contributed by atoms with van der Waals surface area (Å²) in [5, 5.41) is 42.0. The molecule has 12 heteroatoms. The average Bonchev–Trinajstić information content (AvgIpc) is 3.39. The molecule has 1 aromatic heterocycles. The van der Waals surface area contributed by atoms with Crippen LogP contribution in [-0.4, -0.2) is 82.5 Å². The summed E-state index contributed by atoms with van der Waals surface area (Å²) in [5.74, 6) is -0.0347. The Kier molecular flexibility index (Phi) is 8.26. The Hall–Kier alpha value is -3.94. The molecule has 224 valence electrons. The largest absolute Gasteiger partial charge is 0.504 e. The number of carbonyl (C=O) groups is 1. The van der Waals surface area contributed by atoms with E-state index >= 15 is 0 Å². The number of fused-ring (bicyclic) bond motifs is 2. The van der Waals surface area contributed by atoms with Crippen LogP contribution in [0, 0.1) is 0 Å². The van der Waals surface area contributed by atoms with Gasteiger partial charge in [0.25, 0.3) is 0 Å². The number of ether oxygens (including phenoxy) is 5. The van der Waals surface area contributed by atoms with E-state index in [-0.39, 0.29) is 11.5 Å². The van der Waals surface area contributed by atoms with Crippen molar-refractivity contribution in [3.8, 4) is 17.2 Å². The first-order valence-corrected chi connectivity index (χ1v) is 13.3. The fourth-order valence-electron chi connectivity index (χ4n) is 4.90. The zero-order valence-electron chi connectivity index (χ0n) is 23.1. The molecule has 0 aliphatic carbocycles. The lowest BCUT2D eigenvalue weighted by Gasteiger charge is -2.43. The molecule has 5 rings (SSSR count). The number of phenols is 1. The maximum absolute atomic E-state index is 12.3. The van der Waals surface area contributed by atoms with E-state index in [4.69, 9.17) is 28.1 Å². The molecular weight excluding hydrogens is 552 g/mol. The lowest BCUT2D eigenvalue weighted by molar-refractivity contribution is -0.329. The van der Waals surface area contributed by atoms with Crippen LogP contribution in [0.15, 0.2) is 57.8 Å². The van der Waals surface area contributed by atoms with Crippen molar-refractivity contribution in [2.75, 3.05) is 13.7 Å². The lowest BCUT2D eigenvalue weighted by Crippen LogP contribution is -2.61. The number of hydrogen-bond donors (Lipinski definition) is 4. The Morgan fingerprint density at radius 2 is 1.86 bits per heavy atom. The fraction of sp³-hybridized carbons (Fsp3) is 0.400. The van der Waals surface area contributed by atoms with E-state index in [9.17, 15) is 30.0 Å². The zero-order chi connectivity index (χ0) is 30.2. The van der Waals surface area contributed by atoms with Gasteiger partial charge in [-0.25, -0.2) is 9.59 Å². The Balaban J connectivity index is 1.21. The molecule has 0 radical (unpaired) electrons. The first-order valence-electron chi connectivity index (χ1n) is 13.3. The van der Waals surface area contributed by atoms with Crippen LogP contribution in [-0.2, 0) is 25.4 Å². The predicted octanol–water partition coefficient (Wildman–Crippen LogP) is 1.67. The van der Waals surface area contributed by atoms with Crippen LogP contribution in [0.25, 0.3) is 17.0 Å². The van der Waals surface area contributed by atoms with Gasteiger partial charge < -0.3 is 48.5 Å². The highest BCUT2D eigenvalue weighted by Crippen LogP contribution is 2.38. The molecule has 2 aliphatic rings. The molecule has 0 unspecified atom stereocenters. The normalized spacial score (nSPS) is 25.8. The van der Waals surface area contributed by atoms with E-state index in [0.29, 0.717) is 23.3 Å². The van der Waals surface area contributed by atoms with E-state index in [2.05, 4.69) is 0 Å². The molecule has 2 aliphatic heterocycles. The van der Waals surface area contributed by atoms with E-state index in [1.54, 1.807) is 32.0 Å². The van der Waals surface area contributed by atoms with Crippen LogP contribution in [0.4, 0.5) is 0 Å². The maximum atomic E-state index is 12.3. The van der Waals surface area contributed by atoms with Crippen molar-refractivity contribution in [2.45, 2.75) is 62.7 Å². The summed E-state index contributed by atoms with van der Waals surface area (Å²) in [5.41, 5.74) is 0.299. The number of aromatic hydroxyl groups is 1. The number of benzene rings is 2. The van der Waals surface area contributed by atoms with Crippen LogP contribution >= 0.6 is 0 Å². The second-order valence-electron chi connectivity index (χ2n) is 10.7. The highest BCUT2D eigenvalue weighted by molar-refractivity contribution is 5.87. The topological polar surface area (TPSA) is 174 Å². The number of hydrogen-bond acceptors (Lipinski definition) is 12. The Bertz CT molecular complexity index is 1540. The van der Waals surface area contributed by atoms with Crippen LogP contribution in [0.1, 0.15) is 25.0 Å². The van der Waals surface area contributed by atoms with Gasteiger partial charge in [0.15, 0.2) is 17.8 Å². The van der Waals surface area contributed by atoms with Gasteiger partial charge in [0.2, 0.25) is 0 Å². The molecular formula is C30H32O12. The Morgan fingerprint density at radius 1 is 1.07 bits per heavy atom. The molecule has 3 aromatic rings. The number of methoxy groups -OCH3 is 1. The van der Waals surface area contributed by atoms with Crippen molar-refractivity contribution in [3.63, 3.8) is 0 Å².